The third-order valence-electron chi connectivity index (χ3n) is 6.54. The van der Waals surface area contributed by atoms with Gasteiger partial charge in [-0.05, 0) is 49.3 Å². The lowest BCUT2D eigenvalue weighted by molar-refractivity contribution is -0.130. The standard InChI is InChI=1S/C22H33N3O2/c1-27-21-8-5-18(6-9-21)14-23-15-19-4-7-20(17-23)25(16-19)13-10-22(26)24-11-2-3-12-24/h5-6,8-9,19-20H,2-4,7,10-17H2,1H3/t19-,20+/m0/s1. The Labute approximate surface area is 163 Å². The SMILES string of the molecule is COc1ccc(CN2C[C@@H]3CC[C@H](C2)N(CCC(=O)N2CCCC2)C3)cc1. The molecule has 1 amide bonds. The number of fused-ring (bicyclic) bond motifs is 4. The second kappa shape index (κ2) is 8.61. The van der Waals surface area contributed by atoms with Crippen LogP contribution in [0.3, 0.4) is 0 Å². The largest absolute Gasteiger partial charge is 0.497 e. The minimum atomic E-state index is 0.364. The summed E-state index contributed by atoms with van der Waals surface area (Å²) in [4.78, 5) is 19.7. The molecule has 2 atom stereocenters. The van der Waals surface area contributed by atoms with Gasteiger partial charge in [-0.15, -0.1) is 0 Å². The summed E-state index contributed by atoms with van der Waals surface area (Å²) in [6.45, 7) is 7.36. The summed E-state index contributed by atoms with van der Waals surface area (Å²) < 4.78 is 5.27. The number of carbonyl (C=O) groups is 1. The van der Waals surface area contributed by atoms with Crippen molar-refractivity contribution >= 4 is 5.91 Å². The van der Waals surface area contributed by atoms with E-state index in [1.165, 1.54) is 37.8 Å². The fourth-order valence-electron chi connectivity index (χ4n) is 5.03. The van der Waals surface area contributed by atoms with E-state index in [1.54, 1.807) is 7.11 Å². The van der Waals surface area contributed by atoms with Crippen LogP contribution in [0.2, 0.25) is 0 Å². The molecule has 4 aliphatic rings. The smallest absolute Gasteiger partial charge is 0.223 e. The van der Waals surface area contributed by atoms with Gasteiger partial charge in [0.1, 0.15) is 5.75 Å². The average Bonchev–Trinajstić information content (AvgIpc) is 3.10. The molecule has 0 spiro atoms. The first-order valence-electron chi connectivity index (χ1n) is 10.6. The molecule has 2 bridgehead atoms. The lowest BCUT2D eigenvalue weighted by Gasteiger charge is -2.36. The first-order chi connectivity index (χ1) is 13.2. The molecule has 1 aromatic rings. The van der Waals surface area contributed by atoms with E-state index < -0.39 is 0 Å². The van der Waals surface area contributed by atoms with Crippen molar-refractivity contribution in [2.24, 2.45) is 5.92 Å². The molecule has 4 heterocycles. The van der Waals surface area contributed by atoms with E-state index >= 15 is 0 Å². The van der Waals surface area contributed by atoms with E-state index in [4.69, 9.17) is 4.74 Å². The number of methoxy groups -OCH3 is 1. The van der Waals surface area contributed by atoms with Gasteiger partial charge < -0.3 is 9.64 Å². The lowest BCUT2D eigenvalue weighted by atomic mass is 9.95. The molecule has 4 fully saturated rings. The summed E-state index contributed by atoms with van der Waals surface area (Å²) in [6, 6.07) is 9.07. The maximum Gasteiger partial charge on any atom is 0.223 e. The van der Waals surface area contributed by atoms with Gasteiger partial charge in [-0.25, -0.2) is 0 Å². The van der Waals surface area contributed by atoms with Crippen molar-refractivity contribution in [1.82, 2.24) is 14.7 Å². The third-order valence-corrected chi connectivity index (χ3v) is 6.54. The second-order valence-corrected chi connectivity index (χ2v) is 8.47. The Morgan fingerprint density at radius 3 is 2.59 bits per heavy atom. The van der Waals surface area contributed by atoms with Gasteiger partial charge in [0.05, 0.1) is 7.11 Å². The number of hydrogen-bond acceptors (Lipinski definition) is 4. The van der Waals surface area contributed by atoms with Gasteiger partial charge in [-0.1, -0.05) is 12.1 Å². The maximum absolute atomic E-state index is 12.4. The van der Waals surface area contributed by atoms with Crippen molar-refractivity contribution in [3.05, 3.63) is 29.8 Å². The first-order valence-corrected chi connectivity index (χ1v) is 10.6. The van der Waals surface area contributed by atoms with Crippen molar-refractivity contribution in [1.29, 1.82) is 0 Å². The van der Waals surface area contributed by atoms with Crippen LogP contribution in [0.4, 0.5) is 0 Å². The van der Waals surface area contributed by atoms with Gasteiger partial charge in [-0.2, -0.15) is 0 Å². The number of hydrogen-bond donors (Lipinski definition) is 0. The van der Waals surface area contributed by atoms with Gasteiger partial charge in [0.25, 0.3) is 0 Å². The number of ether oxygens (including phenoxy) is 1. The molecule has 5 nitrogen and oxygen atoms in total. The summed E-state index contributed by atoms with van der Waals surface area (Å²) >= 11 is 0. The number of rotatable bonds is 6. The molecule has 0 saturated carbocycles. The molecule has 4 saturated heterocycles. The third kappa shape index (κ3) is 4.64. The molecule has 0 aromatic heterocycles. The summed E-state index contributed by atoms with van der Waals surface area (Å²) in [5.74, 6) is 2.02. The monoisotopic (exact) mass is 371 g/mol. The Kier molecular flexibility index (Phi) is 5.98. The van der Waals surface area contributed by atoms with E-state index in [0.717, 1.165) is 50.9 Å². The molecule has 0 unspecified atom stereocenters. The highest BCUT2D eigenvalue weighted by molar-refractivity contribution is 5.76. The van der Waals surface area contributed by atoms with E-state index in [-0.39, 0.29) is 0 Å². The van der Waals surface area contributed by atoms with Gasteiger partial charge in [0.15, 0.2) is 0 Å². The maximum atomic E-state index is 12.4. The molecule has 4 aliphatic heterocycles. The molecule has 0 N–H and O–H groups in total. The van der Waals surface area contributed by atoms with Crippen molar-refractivity contribution in [3.8, 4) is 5.75 Å². The quantitative estimate of drug-likeness (QED) is 0.770. The van der Waals surface area contributed by atoms with Crippen LogP contribution in [0.25, 0.3) is 0 Å². The normalized spacial score (nSPS) is 26.3. The van der Waals surface area contributed by atoms with Crippen LogP contribution in [-0.4, -0.2) is 73.0 Å². The molecule has 1 aromatic carbocycles. The number of nitrogens with zero attached hydrogens (tertiary/aromatic N) is 3. The molecular weight excluding hydrogens is 338 g/mol. The van der Waals surface area contributed by atoms with E-state index in [1.807, 2.05) is 0 Å². The van der Waals surface area contributed by atoms with Crippen molar-refractivity contribution in [3.63, 3.8) is 0 Å². The fraction of sp³-hybridized carbons (Fsp3) is 0.682. The summed E-state index contributed by atoms with van der Waals surface area (Å²) in [6.07, 6.45) is 5.67. The zero-order valence-electron chi connectivity index (χ0n) is 16.6. The Morgan fingerprint density at radius 2 is 1.85 bits per heavy atom. The molecule has 5 rings (SSSR count). The molecule has 5 heteroatoms. The van der Waals surface area contributed by atoms with Gasteiger partial charge in [0.2, 0.25) is 5.91 Å². The summed E-state index contributed by atoms with van der Waals surface area (Å²) in [7, 11) is 1.71. The van der Waals surface area contributed by atoms with E-state index in [2.05, 4.69) is 39.0 Å². The first kappa shape index (κ1) is 18.8. The highest BCUT2D eigenvalue weighted by atomic mass is 16.5. The number of likely N-dealkylation sites (tertiary alicyclic amines) is 1. The second-order valence-electron chi connectivity index (χ2n) is 8.47. The lowest BCUT2D eigenvalue weighted by Crippen LogP contribution is -2.45. The Morgan fingerprint density at radius 1 is 1.07 bits per heavy atom. The molecule has 0 radical (unpaired) electrons. The van der Waals surface area contributed by atoms with Crippen LogP contribution in [0, 0.1) is 5.92 Å². The highest BCUT2D eigenvalue weighted by Gasteiger charge is 2.35. The summed E-state index contributed by atoms with van der Waals surface area (Å²) in [5.41, 5.74) is 1.35. The van der Waals surface area contributed by atoms with Crippen LogP contribution >= 0.6 is 0 Å². The highest BCUT2D eigenvalue weighted by Crippen LogP contribution is 2.29. The Balaban J connectivity index is 1.31. The van der Waals surface area contributed by atoms with Gasteiger partial charge in [0, 0.05) is 58.3 Å². The predicted octanol–water partition coefficient (Wildman–Crippen LogP) is 2.60. The van der Waals surface area contributed by atoms with Crippen LogP contribution in [0.5, 0.6) is 5.75 Å². The van der Waals surface area contributed by atoms with Crippen molar-refractivity contribution in [2.45, 2.75) is 44.7 Å². The zero-order chi connectivity index (χ0) is 18.6. The van der Waals surface area contributed by atoms with E-state index in [0.29, 0.717) is 18.4 Å². The number of amides is 1. The van der Waals surface area contributed by atoms with Crippen LogP contribution in [0.15, 0.2) is 24.3 Å². The molecular formula is C22H33N3O2. The van der Waals surface area contributed by atoms with Crippen LogP contribution in [0.1, 0.15) is 37.7 Å². The van der Waals surface area contributed by atoms with Gasteiger partial charge >= 0.3 is 0 Å². The number of carbonyl (C=O) groups excluding carboxylic acids is 1. The van der Waals surface area contributed by atoms with E-state index in [9.17, 15) is 4.79 Å². The van der Waals surface area contributed by atoms with Crippen molar-refractivity contribution in [2.75, 3.05) is 46.4 Å². The number of piperidine rings is 1. The summed E-state index contributed by atoms with van der Waals surface area (Å²) in [5, 5.41) is 0. The predicted molar refractivity (Wildman–Crippen MR) is 107 cm³/mol. The minimum Gasteiger partial charge on any atom is -0.497 e. The molecule has 27 heavy (non-hydrogen) atoms. The van der Waals surface area contributed by atoms with Crippen LogP contribution in [-0.2, 0) is 11.3 Å². The topological polar surface area (TPSA) is 36.0 Å². The Bertz CT molecular complexity index is 627. The Hall–Kier alpha value is -1.59. The van der Waals surface area contributed by atoms with Crippen molar-refractivity contribution < 1.29 is 9.53 Å². The number of benzene rings is 1. The molecule has 0 aliphatic carbocycles. The zero-order valence-corrected chi connectivity index (χ0v) is 16.6. The molecule has 148 valence electrons. The average molecular weight is 372 g/mol. The fourth-order valence-corrected chi connectivity index (χ4v) is 5.03. The minimum absolute atomic E-state index is 0.364. The van der Waals surface area contributed by atoms with Crippen LogP contribution < -0.4 is 4.74 Å². The van der Waals surface area contributed by atoms with Gasteiger partial charge in [-0.3, -0.25) is 14.6 Å².